The summed E-state index contributed by atoms with van der Waals surface area (Å²) < 4.78 is 1.47. The predicted molar refractivity (Wildman–Crippen MR) is 65.1 cm³/mol. The summed E-state index contributed by atoms with van der Waals surface area (Å²) in [5.74, 6) is -0.954. The van der Waals surface area contributed by atoms with Crippen molar-refractivity contribution in [3.05, 3.63) is 17.5 Å². The lowest BCUT2D eigenvalue weighted by atomic mass is 10.1. The molecule has 8 nitrogen and oxygen atoms in total. The molecule has 2 rings (SSSR count). The Morgan fingerprint density at radius 2 is 2.11 bits per heavy atom. The molecule has 2 aromatic rings. The molecule has 0 saturated carbocycles. The molecule has 100 valence electrons. The van der Waals surface area contributed by atoms with Gasteiger partial charge in [0.2, 0.25) is 0 Å². The summed E-state index contributed by atoms with van der Waals surface area (Å²) in [6, 6.07) is 1.83. The van der Waals surface area contributed by atoms with E-state index in [4.69, 9.17) is 5.11 Å². The van der Waals surface area contributed by atoms with Gasteiger partial charge in [-0.2, -0.15) is 10.2 Å². The van der Waals surface area contributed by atoms with E-state index in [1.807, 2.05) is 13.0 Å². The number of aliphatic carboxylic acids is 1. The van der Waals surface area contributed by atoms with Gasteiger partial charge in [-0.3, -0.25) is 4.79 Å². The number of aryl methyl sites for hydroxylation is 2. The Hall–Kier alpha value is -2.38. The first-order valence-corrected chi connectivity index (χ1v) is 5.79. The van der Waals surface area contributed by atoms with Gasteiger partial charge in [0.1, 0.15) is 0 Å². The molecule has 0 amide bonds. The molecule has 19 heavy (non-hydrogen) atoms. The molecule has 0 bridgehead atoms. The van der Waals surface area contributed by atoms with Crippen LogP contribution < -0.4 is 0 Å². The molecule has 2 heterocycles. The van der Waals surface area contributed by atoms with Gasteiger partial charge in [-0.15, -0.1) is 5.10 Å². The molecule has 0 aliphatic rings. The highest BCUT2D eigenvalue weighted by atomic mass is 16.4. The first-order valence-electron chi connectivity index (χ1n) is 5.79. The highest BCUT2D eigenvalue weighted by Crippen LogP contribution is 2.19. The third kappa shape index (κ3) is 2.72. The van der Waals surface area contributed by atoms with Crippen molar-refractivity contribution in [2.45, 2.75) is 27.3 Å². The number of nitrogens with zero attached hydrogens (tertiary/aromatic N) is 6. The highest BCUT2D eigenvalue weighted by Gasteiger charge is 2.18. The van der Waals surface area contributed by atoms with E-state index in [1.165, 1.54) is 4.68 Å². The van der Waals surface area contributed by atoms with E-state index in [9.17, 15) is 4.79 Å². The van der Waals surface area contributed by atoms with Crippen molar-refractivity contribution in [2.75, 3.05) is 0 Å². The van der Waals surface area contributed by atoms with E-state index in [0.717, 1.165) is 11.3 Å². The minimum Gasteiger partial charge on any atom is -0.481 e. The minimum atomic E-state index is -0.887. The minimum absolute atomic E-state index is 0.207. The zero-order chi connectivity index (χ0) is 14.0. The van der Waals surface area contributed by atoms with Crippen molar-refractivity contribution in [3.8, 4) is 11.4 Å². The highest BCUT2D eigenvalue weighted by molar-refractivity contribution is 5.69. The molecule has 1 atom stereocenters. The molecule has 0 fully saturated rings. The Morgan fingerprint density at radius 1 is 1.37 bits per heavy atom. The zero-order valence-corrected chi connectivity index (χ0v) is 10.9. The molecule has 1 unspecified atom stereocenters. The molecule has 0 aromatic carbocycles. The summed E-state index contributed by atoms with van der Waals surface area (Å²) in [6.45, 7) is 5.44. The molecule has 1 N–H and O–H groups in total. The zero-order valence-electron chi connectivity index (χ0n) is 10.9. The predicted octanol–water partition coefficient (Wildman–Crippen LogP) is 0.468. The quantitative estimate of drug-likeness (QED) is 0.853. The third-order valence-corrected chi connectivity index (χ3v) is 2.74. The van der Waals surface area contributed by atoms with E-state index < -0.39 is 11.9 Å². The number of hydrogen-bond acceptors (Lipinski definition) is 6. The number of carbonyl (C=O) groups is 1. The first kappa shape index (κ1) is 13.1. The first-order chi connectivity index (χ1) is 8.99. The smallest absolute Gasteiger partial charge is 0.308 e. The van der Waals surface area contributed by atoms with Gasteiger partial charge in [-0.1, -0.05) is 6.92 Å². The SMILES string of the molecule is Cc1cc(-c2nnnn2CC(C)C(=O)O)c(C)nn1. The summed E-state index contributed by atoms with van der Waals surface area (Å²) in [5, 5.41) is 28.3. The summed E-state index contributed by atoms with van der Waals surface area (Å²) >= 11 is 0. The van der Waals surface area contributed by atoms with E-state index in [-0.39, 0.29) is 6.54 Å². The van der Waals surface area contributed by atoms with Crippen LogP contribution in [0.3, 0.4) is 0 Å². The van der Waals surface area contributed by atoms with Crippen molar-refractivity contribution in [3.63, 3.8) is 0 Å². The van der Waals surface area contributed by atoms with Crippen LogP contribution in [0.25, 0.3) is 11.4 Å². The average molecular weight is 262 g/mol. The summed E-state index contributed by atoms with van der Waals surface area (Å²) in [7, 11) is 0. The lowest BCUT2D eigenvalue weighted by Gasteiger charge is -2.09. The van der Waals surface area contributed by atoms with Gasteiger partial charge < -0.3 is 5.11 Å². The normalized spacial score (nSPS) is 12.4. The second kappa shape index (κ2) is 5.09. The maximum absolute atomic E-state index is 10.9. The van der Waals surface area contributed by atoms with Gasteiger partial charge in [0, 0.05) is 5.56 Å². The van der Waals surface area contributed by atoms with Crippen molar-refractivity contribution < 1.29 is 9.90 Å². The number of hydrogen-bond donors (Lipinski definition) is 1. The van der Waals surface area contributed by atoms with Crippen molar-refractivity contribution in [2.24, 2.45) is 5.92 Å². The standard InChI is InChI=1S/C11H14N6O2/c1-6(11(18)19)5-17-10(14-15-16-17)9-4-7(2)12-13-8(9)3/h4,6H,5H2,1-3H3,(H,18,19). The van der Waals surface area contributed by atoms with Gasteiger partial charge >= 0.3 is 5.97 Å². The Balaban J connectivity index is 2.39. The van der Waals surface area contributed by atoms with Crippen LogP contribution in [0.2, 0.25) is 0 Å². The van der Waals surface area contributed by atoms with Gasteiger partial charge in [-0.05, 0) is 30.3 Å². The Kier molecular flexibility index (Phi) is 3.50. The van der Waals surface area contributed by atoms with E-state index in [2.05, 4.69) is 25.7 Å². The molecule has 0 spiro atoms. The largest absolute Gasteiger partial charge is 0.481 e. The fourth-order valence-corrected chi connectivity index (χ4v) is 1.63. The molecule has 2 aromatic heterocycles. The number of carboxylic acid groups (broad SMARTS) is 1. The Labute approximate surface area is 109 Å². The Morgan fingerprint density at radius 3 is 2.79 bits per heavy atom. The third-order valence-electron chi connectivity index (χ3n) is 2.74. The van der Waals surface area contributed by atoms with Gasteiger partial charge in [0.25, 0.3) is 0 Å². The van der Waals surface area contributed by atoms with Crippen LogP contribution in [0, 0.1) is 19.8 Å². The molecule has 0 saturated heterocycles. The van der Waals surface area contributed by atoms with Gasteiger partial charge in [0.05, 0.1) is 23.9 Å². The van der Waals surface area contributed by atoms with E-state index >= 15 is 0 Å². The molecular formula is C11H14N6O2. The monoisotopic (exact) mass is 262 g/mol. The van der Waals surface area contributed by atoms with Crippen LogP contribution in [0.4, 0.5) is 0 Å². The van der Waals surface area contributed by atoms with Crippen LogP contribution >= 0.6 is 0 Å². The van der Waals surface area contributed by atoms with Crippen molar-refractivity contribution in [1.29, 1.82) is 0 Å². The maximum Gasteiger partial charge on any atom is 0.308 e. The fourth-order valence-electron chi connectivity index (χ4n) is 1.63. The lowest BCUT2D eigenvalue weighted by Crippen LogP contribution is -2.18. The molecule has 0 aliphatic heterocycles. The number of rotatable bonds is 4. The molecular weight excluding hydrogens is 248 g/mol. The second-order valence-corrected chi connectivity index (χ2v) is 4.41. The second-order valence-electron chi connectivity index (χ2n) is 4.41. The van der Waals surface area contributed by atoms with Crippen molar-refractivity contribution >= 4 is 5.97 Å². The fraction of sp³-hybridized carbons (Fsp3) is 0.455. The molecule has 8 heteroatoms. The average Bonchev–Trinajstić information content (AvgIpc) is 2.80. The van der Waals surface area contributed by atoms with Gasteiger partial charge in [0.15, 0.2) is 5.82 Å². The van der Waals surface area contributed by atoms with Crippen LogP contribution in [0.15, 0.2) is 6.07 Å². The van der Waals surface area contributed by atoms with Crippen LogP contribution in [-0.2, 0) is 11.3 Å². The number of aromatic nitrogens is 6. The summed E-state index contributed by atoms with van der Waals surface area (Å²) in [6.07, 6.45) is 0. The number of carboxylic acids is 1. The van der Waals surface area contributed by atoms with Crippen molar-refractivity contribution in [1.82, 2.24) is 30.4 Å². The van der Waals surface area contributed by atoms with Crippen LogP contribution in [0.5, 0.6) is 0 Å². The molecule has 0 radical (unpaired) electrons. The maximum atomic E-state index is 10.9. The van der Waals surface area contributed by atoms with Crippen LogP contribution in [-0.4, -0.2) is 41.5 Å². The molecule has 0 aliphatic carbocycles. The summed E-state index contributed by atoms with van der Waals surface area (Å²) in [4.78, 5) is 10.9. The van der Waals surface area contributed by atoms with E-state index in [1.54, 1.807) is 13.8 Å². The topological polar surface area (TPSA) is 107 Å². The Bertz CT molecular complexity index is 609. The van der Waals surface area contributed by atoms with E-state index in [0.29, 0.717) is 11.5 Å². The summed E-state index contributed by atoms with van der Waals surface area (Å²) in [5.41, 5.74) is 2.21. The number of tetrazole rings is 1. The lowest BCUT2D eigenvalue weighted by molar-refractivity contribution is -0.141. The van der Waals surface area contributed by atoms with Gasteiger partial charge in [-0.25, -0.2) is 4.68 Å². The van der Waals surface area contributed by atoms with Crippen LogP contribution in [0.1, 0.15) is 18.3 Å².